The third kappa shape index (κ3) is 3.28. The summed E-state index contributed by atoms with van der Waals surface area (Å²) in [6.45, 7) is 0.385. The Hall–Kier alpha value is -2.05. The van der Waals surface area contributed by atoms with Gasteiger partial charge in [-0.1, -0.05) is 6.07 Å². The highest BCUT2D eigenvalue weighted by atomic mass is 32.1. The minimum absolute atomic E-state index is 0.0437. The lowest BCUT2D eigenvalue weighted by Gasteiger charge is -2.15. The molecule has 0 atom stereocenters. The molecule has 0 aromatic carbocycles. The Balaban J connectivity index is 2.07. The molecule has 0 aliphatic heterocycles. The topological polar surface area (TPSA) is 76.3 Å². The van der Waals surface area contributed by atoms with E-state index in [1.54, 1.807) is 30.3 Å². The summed E-state index contributed by atoms with van der Waals surface area (Å²) in [5.41, 5.74) is 6.12. The predicted molar refractivity (Wildman–Crippen MR) is 77.7 cm³/mol. The second-order valence-electron chi connectivity index (χ2n) is 4.27. The van der Waals surface area contributed by atoms with Gasteiger partial charge in [0.05, 0.1) is 28.5 Å². The van der Waals surface area contributed by atoms with E-state index in [0.29, 0.717) is 16.3 Å². The molecule has 20 heavy (non-hydrogen) atoms. The average molecular weight is 289 g/mol. The van der Waals surface area contributed by atoms with Crippen LogP contribution in [0.3, 0.4) is 0 Å². The Bertz CT molecular complexity index is 610. The molecule has 0 saturated heterocycles. The molecule has 0 bridgehead atoms. The van der Waals surface area contributed by atoms with Crippen LogP contribution in [0.5, 0.6) is 0 Å². The smallest absolute Gasteiger partial charge is 0.264 e. The summed E-state index contributed by atoms with van der Waals surface area (Å²) in [4.78, 5) is 30.5. The zero-order valence-electron chi connectivity index (χ0n) is 11.1. The number of ketones is 1. The third-order valence-electron chi connectivity index (χ3n) is 2.75. The molecule has 0 aliphatic carbocycles. The second kappa shape index (κ2) is 6.40. The molecule has 0 saturated carbocycles. The number of carbonyl (C=O) groups is 2. The molecule has 0 fully saturated rings. The summed E-state index contributed by atoms with van der Waals surface area (Å²) >= 11 is 1.17. The Kier molecular flexibility index (Phi) is 4.60. The fourth-order valence-electron chi connectivity index (χ4n) is 1.70. The van der Waals surface area contributed by atoms with Crippen LogP contribution in [-0.4, -0.2) is 35.2 Å². The molecule has 2 heterocycles. The first-order valence-corrected chi connectivity index (χ1v) is 6.92. The van der Waals surface area contributed by atoms with Gasteiger partial charge in [0.2, 0.25) is 0 Å². The minimum Gasteiger partial charge on any atom is -0.335 e. The van der Waals surface area contributed by atoms with Crippen molar-refractivity contribution in [2.75, 3.05) is 13.6 Å². The highest BCUT2D eigenvalue weighted by Gasteiger charge is 2.16. The summed E-state index contributed by atoms with van der Waals surface area (Å²) in [7, 11) is 1.71. The van der Waals surface area contributed by atoms with Crippen molar-refractivity contribution >= 4 is 23.0 Å². The molecule has 0 unspecified atom stereocenters. The number of amides is 1. The first-order valence-electron chi connectivity index (χ1n) is 6.10. The Morgan fingerprint density at radius 3 is 2.65 bits per heavy atom. The highest BCUT2D eigenvalue weighted by Crippen LogP contribution is 2.19. The van der Waals surface area contributed by atoms with Crippen LogP contribution in [0.1, 0.15) is 25.0 Å². The van der Waals surface area contributed by atoms with E-state index in [0.717, 1.165) is 5.69 Å². The van der Waals surface area contributed by atoms with Gasteiger partial charge in [0.1, 0.15) is 0 Å². The van der Waals surface area contributed by atoms with Crippen molar-refractivity contribution < 1.29 is 9.59 Å². The Labute approximate surface area is 121 Å². The zero-order chi connectivity index (χ0) is 14.5. The molecule has 0 spiro atoms. The molecular weight excluding hydrogens is 274 g/mol. The number of nitrogens with zero attached hydrogens (tertiary/aromatic N) is 2. The Morgan fingerprint density at radius 2 is 2.00 bits per heavy atom. The number of hydrogen-bond acceptors (Lipinski definition) is 5. The maximum absolute atomic E-state index is 12.2. The van der Waals surface area contributed by atoms with Crippen LogP contribution in [0.4, 0.5) is 0 Å². The van der Waals surface area contributed by atoms with Crippen molar-refractivity contribution in [2.45, 2.75) is 6.54 Å². The molecule has 6 heteroatoms. The predicted octanol–water partition coefficient (Wildman–Crippen LogP) is 1.56. The number of aromatic nitrogens is 1. The summed E-state index contributed by atoms with van der Waals surface area (Å²) < 4.78 is 0. The van der Waals surface area contributed by atoms with Crippen molar-refractivity contribution in [2.24, 2.45) is 5.73 Å². The molecule has 5 nitrogen and oxygen atoms in total. The molecule has 2 N–H and O–H groups in total. The van der Waals surface area contributed by atoms with Crippen LogP contribution in [-0.2, 0) is 6.54 Å². The van der Waals surface area contributed by atoms with E-state index >= 15 is 0 Å². The van der Waals surface area contributed by atoms with Crippen LogP contribution in [0.15, 0.2) is 36.5 Å². The number of Topliss-reactive ketones (excluding diaryl/α,β-unsaturated/α-hetero) is 1. The van der Waals surface area contributed by atoms with Gasteiger partial charge in [-0.05, 0) is 24.3 Å². The van der Waals surface area contributed by atoms with E-state index in [1.165, 1.54) is 11.3 Å². The molecule has 2 aromatic rings. The molecule has 0 radical (unpaired) electrons. The highest BCUT2D eigenvalue weighted by molar-refractivity contribution is 7.16. The summed E-state index contributed by atoms with van der Waals surface area (Å²) in [6.07, 6.45) is 1.69. The van der Waals surface area contributed by atoms with Gasteiger partial charge in [-0.2, -0.15) is 0 Å². The van der Waals surface area contributed by atoms with E-state index < -0.39 is 0 Å². The van der Waals surface area contributed by atoms with Gasteiger partial charge in [0.15, 0.2) is 5.78 Å². The van der Waals surface area contributed by atoms with Crippen LogP contribution >= 0.6 is 11.3 Å². The normalized spacial score (nSPS) is 10.3. The van der Waals surface area contributed by atoms with E-state index in [2.05, 4.69) is 4.98 Å². The van der Waals surface area contributed by atoms with E-state index in [-0.39, 0.29) is 18.2 Å². The van der Waals surface area contributed by atoms with E-state index in [1.807, 2.05) is 18.2 Å². The first-order chi connectivity index (χ1) is 9.61. The molecule has 2 rings (SSSR count). The Morgan fingerprint density at radius 1 is 1.25 bits per heavy atom. The maximum Gasteiger partial charge on any atom is 0.264 e. The molecule has 0 aliphatic rings. The number of carbonyl (C=O) groups excluding carboxylic acids is 2. The van der Waals surface area contributed by atoms with Crippen molar-refractivity contribution in [3.05, 3.63) is 52.0 Å². The third-order valence-corrected chi connectivity index (χ3v) is 3.86. The van der Waals surface area contributed by atoms with Gasteiger partial charge >= 0.3 is 0 Å². The lowest BCUT2D eigenvalue weighted by molar-refractivity contribution is 0.0788. The summed E-state index contributed by atoms with van der Waals surface area (Å²) in [6, 6.07) is 8.87. The lowest BCUT2D eigenvalue weighted by Crippen LogP contribution is -2.25. The molecular formula is C14H15N3O2S. The molecule has 104 valence electrons. The van der Waals surface area contributed by atoms with Gasteiger partial charge in [0, 0.05) is 13.2 Å². The zero-order valence-corrected chi connectivity index (χ0v) is 11.9. The van der Waals surface area contributed by atoms with Crippen LogP contribution < -0.4 is 5.73 Å². The van der Waals surface area contributed by atoms with Crippen molar-refractivity contribution in [3.8, 4) is 0 Å². The quantitative estimate of drug-likeness (QED) is 0.847. The van der Waals surface area contributed by atoms with Gasteiger partial charge in [-0.15, -0.1) is 11.3 Å². The largest absolute Gasteiger partial charge is 0.335 e. The van der Waals surface area contributed by atoms with Gasteiger partial charge in [0.25, 0.3) is 5.91 Å². The average Bonchev–Trinajstić information content (AvgIpc) is 2.96. The van der Waals surface area contributed by atoms with Crippen molar-refractivity contribution in [1.82, 2.24) is 9.88 Å². The van der Waals surface area contributed by atoms with Crippen molar-refractivity contribution in [1.29, 1.82) is 0 Å². The number of thiophene rings is 1. The number of pyridine rings is 1. The summed E-state index contributed by atoms with van der Waals surface area (Å²) in [5, 5.41) is 0. The number of rotatable bonds is 5. The van der Waals surface area contributed by atoms with Crippen molar-refractivity contribution in [3.63, 3.8) is 0 Å². The maximum atomic E-state index is 12.2. The monoisotopic (exact) mass is 289 g/mol. The fourth-order valence-corrected chi connectivity index (χ4v) is 2.65. The molecule has 1 amide bonds. The van der Waals surface area contributed by atoms with Crippen LogP contribution in [0.25, 0.3) is 0 Å². The standard InChI is InChI=1S/C14H15N3O2S/c1-17(9-10-4-2-3-7-16-10)14(19)13-6-5-12(20-13)11(18)8-15/h2-7H,8-9,15H2,1H3. The van der Waals surface area contributed by atoms with Gasteiger partial charge in [-0.25, -0.2) is 0 Å². The van der Waals surface area contributed by atoms with Crippen LogP contribution in [0, 0.1) is 0 Å². The minimum atomic E-state index is -0.151. The van der Waals surface area contributed by atoms with Gasteiger partial charge in [-0.3, -0.25) is 14.6 Å². The number of hydrogen-bond donors (Lipinski definition) is 1. The van der Waals surface area contributed by atoms with Crippen LogP contribution in [0.2, 0.25) is 0 Å². The number of nitrogens with two attached hydrogens (primary N) is 1. The second-order valence-corrected chi connectivity index (χ2v) is 5.36. The summed E-state index contributed by atoms with van der Waals surface area (Å²) in [5.74, 6) is -0.279. The van der Waals surface area contributed by atoms with E-state index in [9.17, 15) is 9.59 Å². The fraction of sp³-hybridized carbons (Fsp3) is 0.214. The van der Waals surface area contributed by atoms with E-state index in [4.69, 9.17) is 5.73 Å². The lowest BCUT2D eigenvalue weighted by atomic mass is 10.3. The molecule has 2 aromatic heterocycles. The van der Waals surface area contributed by atoms with Gasteiger partial charge < -0.3 is 10.6 Å². The SMILES string of the molecule is CN(Cc1ccccn1)C(=O)c1ccc(C(=O)CN)s1. The first kappa shape index (κ1) is 14.4.